The zero-order chi connectivity index (χ0) is 81.5. The molecule has 2 fully saturated rings. The number of hydrogen-bond donors (Lipinski definition) is 0. The van der Waals surface area contributed by atoms with Gasteiger partial charge in [0.05, 0.1) is 22.1 Å². The number of aromatic nitrogens is 2. The van der Waals surface area contributed by atoms with Crippen molar-refractivity contribution in [1.29, 1.82) is 0 Å². The smallest absolute Gasteiger partial charge is 0.178 e. The van der Waals surface area contributed by atoms with Crippen LogP contribution in [0.4, 0.5) is 0 Å². The molecule has 0 N–H and O–H groups in total. The first kappa shape index (κ1) is 72.0. The molecule has 0 amide bonds. The van der Waals surface area contributed by atoms with Crippen LogP contribution in [0.15, 0.2) is 378 Å². The maximum absolute atomic E-state index is 6.95. The van der Waals surface area contributed by atoms with Crippen molar-refractivity contribution in [2.75, 3.05) is 0 Å². The van der Waals surface area contributed by atoms with E-state index in [1.807, 2.05) is 0 Å². The third kappa shape index (κ3) is 11.8. The zero-order valence-corrected chi connectivity index (χ0v) is 68.5. The van der Waals surface area contributed by atoms with E-state index in [4.69, 9.17) is 26.5 Å². The fourth-order valence-electron chi connectivity index (χ4n) is 21.3. The second-order valence-corrected chi connectivity index (χ2v) is 34.3. The van der Waals surface area contributed by atoms with E-state index >= 15 is 0 Å². The highest BCUT2D eigenvalue weighted by atomic mass is 16.4. The Morgan fingerprint density at radius 2 is 0.484 bits per heavy atom. The molecule has 124 heavy (non-hydrogen) atoms. The normalized spacial score (nSPS) is 13.8. The first-order valence-corrected chi connectivity index (χ1v) is 44.1. The standard InChI is InChI=1S/C54H32N2O2.C32H22O2.C30H30O2/c1-3-13-35(14-4-1)55-47-23-9-7-17-39(47)45-31-33(25-29-49(45)55)37-19-11-21-41-43-27-28-44-42-22-12-20-38(52(42)58-54(44)53(43)57-51(37)41)34-26-30-50-46(32-34)40-18-8-10-24-48(40)56(50)36-15-5-2-6-16-36;1-3-9-21(10-4-1)19-23-13-7-15-25-27-17-18-28-26-16-8-14-24(20-22-11-5-2-6-12-22)30(26)34-32(28)31(27)33-29(23)25;1-3-9-19(10-4-1)21-13-7-15-23-25-17-18-26-24-16-8-14-22(20-11-5-2-6-12-20)28(24)32-30(26)29(25)31-27(21)23/h1-32H;1-18H,19-20H2;7-8,13-20H,1-6,9-12H2. The molecule has 0 radical (unpaired) electrons. The highest BCUT2D eigenvalue weighted by Crippen LogP contribution is 2.50. The Labute approximate surface area is 714 Å². The molecular formula is C116H84N2O6. The third-order valence-corrected chi connectivity index (χ3v) is 27.2. The minimum absolute atomic E-state index is 0.622. The lowest BCUT2D eigenvalue weighted by Crippen LogP contribution is -2.04. The number of fused-ring (bicyclic) bond motifs is 27. The molecule has 0 unspecified atom stereocenters. The molecule has 17 aromatic carbocycles. The van der Waals surface area contributed by atoms with Crippen molar-refractivity contribution < 1.29 is 26.5 Å². The summed E-state index contributed by atoms with van der Waals surface area (Å²) in [6.45, 7) is 0. The van der Waals surface area contributed by atoms with Crippen molar-refractivity contribution in [2.24, 2.45) is 0 Å². The van der Waals surface area contributed by atoms with Crippen LogP contribution in [0.5, 0.6) is 0 Å². The topological polar surface area (TPSA) is 88.7 Å². The zero-order valence-electron chi connectivity index (χ0n) is 68.5. The number of rotatable bonds is 10. The van der Waals surface area contributed by atoms with E-state index in [1.165, 1.54) is 163 Å². The van der Waals surface area contributed by atoms with Crippen LogP contribution in [0.3, 0.4) is 0 Å². The Hall–Kier alpha value is -14.9. The van der Waals surface area contributed by atoms with Crippen LogP contribution in [0, 0.1) is 0 Å². The monoisotopic (exact) mass is 1600 g/mol. The van der Waals surface area contributed by atoms with E-state index in [0.717, 1.165) is 157 Å². The van der Waals surface area contributed by atoms with E-state index in [-0.39, 0.29) is 0 Å². The molecule has 25 aromatic rings. The lowest BCUT2D eigenvalue weighted by Gasteiger charge is -2.21. The molecule has 2 aliphatic rings. The fourth-order valence-corrected chi connectivity index (χ4v) is 21.3. The summed E-state index contributed by atoms with van der Waals surface area (Å²) in [7, 11) is 0. The third-order valence-electron chi connectivity index (χ3n) is 27.2. The van der Waals surface area contributed by atoms with E-state index in [9.17, 15) is 0 Å². The molecule has 594 valence electrons. The number of benzene rings is 17. The van der Waals surface area contributed by atoms with Crippen molar-refractivity contribution in [3.05, 3.63) is 385 Å². The SMILES string of the molecule is c1cc(C2CCCCC2)c2oc3c(ccc4c5cccc(C6CCCCC6)c5oc43)c2c1.c1ccc(-n2c3ccccc3c3cc(-c4cccc5c4oc4c5ccc5c6cccc(-c7ccc8c(c7)c7ccccc7n8-c7ccccc7)c6oc54)ccc32)cc1.c1ccc(Cc2cccc3c2oc2c3ccc3c4cccc(Cc5ccccc5)c4oc32)cc1. The lowest BCUT2D eigenvalue weighted by molar-refractivity contribution is 0.441. The second kappa shape index (κ2) is 29.5. The molecule has 0 spiro atoms. The summed E-state index contributed by atoms with van der Waals surface area (Å²) in [6, 6.07) is 126. The van der Waals surface area contributed by atoms with Crippen molar-refractivity contribution in [1.82, 2.24) is 9.13 Å². The summed E-state index contributed by atoms with van der Waals surface area (Å²) in [4.78, 5) is 0. The summed E-state index contributed by atoms with van der Waals surface area (Å²) >= 11 is 0. The van der Waals surface area contributed by atoms with Crippen LogP contribution in [0.2, 0.25) is 0 Å². The highest BCUT2D eigenvalue weighted by molar-refractivity contribution is 6.24. The molecule has 8 nitrogen and oxygen atoms in total. The van der Waals surface area contributed by atoms with Gasteiger partial charge in [0.25, 0.3) is 0 Å². The Morgan fingerprint density at radius 3 is 0.863 bits per heavy atom. The molecule has 0 saturated heterocycles. The van der Waals surface area contributed by atoms with Gasteiger partial charge in [0.2, 0.25) is 0 Å². The molecule has 8 heteroatoms. The lowest BCUT2D eigenvalue weighted by atomic mass is 9.83. The van der Waals surface area contributed by atoms with Gasteiger partial charge in [-0.05, 0) is 179 Å². The summed E-state index contributed by atoms with van der Waals surface area (Å²) < 4.78 is 45.1. The second-order valence-electron chi connectivity index (χ2n) is 34.3. The van der Waals surface area contributed by atoms with Crippen LogP contribution < -0.4 is 0 Å². The molecule has 0 bridgehead atoms. The van der Waals surface area contributed by atoms with Gasteiger partial charge in [0.1, 0.15) is 33.5 Å². The first-order chi connectivity index (χ1) is 61.5. The van der Waals surface area contributed by atoms with Gasteiger partial charge < -0.3 is 35.6 Å². The van der Waals surface area contributed by atoms with Gasteiger partial charge in [-0.1, -0.05) is 293 Å². The Balaban J connectivity index is 0.000000109. The van der Waals surface area contributed by atoms with Crippen molar-refractivity contribution in [2.45, 2.75) is 88.9 Å². The van der Waals surface area contributed by atoms with E-state index in [1.54, 1.807) is 0 Å². The van der Waals surface area contributed by atoms with Gasteiger partial charge in [-0.3, -0.25) is 0 Å². The van der Waals surface area contributed by atoms with Crippen molar-refractivity contribution in [3.63, 3.8) is 0 Å². The largest absolute Gasteiger partial charge is 0.452 e. The van der Waals surface area contributed by atoms with Gasteiger partial charge in [0.15, 0.2) is 33.5 Å². The number of nitrogens with zero attached hydrogens (tertiary/aromatic N) is 2. The van der Waals surface area contributed by atoms with Crippen LogP contribution in [0.1, 0.15) is 109 Å². The summed E-state index contributed by atoms with van der Waals surface area (Å²) in [5.74, 6) is 1.24. The van der Waals surface area contributed by atoms with Crippen LogP contribution >= 0.6 is 0 Å². The van der Waals surface area contributed by atoms with E-state index in [2.05, 4.69) is 361 Å². The van der Waals surface area contributed by atoms with Crippen molar-refractivity contribution >= 4 is 175 Å². The van der Waals surface area contributed by atoms with Crippen LogP contribution in [-0.4, -0.2) is 9.13 Å². The number of hydrogen-bond acceptors (Lipinski definition) is 6. The molecule has 0 aliphatic heterocycles. The van der Waals surface area contributed by atoms with E-state index in [0.29, 0.717) is 11.8 Å². The quantitative estimate of drug-likeness (QED) is 0.136. The van der Waals surface area contributed by atoms with Gasteiger partial charge in [-0.15, -0.1) is 0 Å². The molecule has 2 saturated carbocycles. The average molecular weight is 1600 g/mol. The molecular weight excluding hydrogens is 1520 g/mol. The van der Waals surface area contributed by atoms with Gasteiger partial charge in [-0.2, -0.15) is 0 Å². The van der Waals surface area contributed by atoms with Crippen LogP contribution in [0.25, 0.3) is 209 Å². The predicted molar refractivity (Wildman–Crippen MR) is 513 cm³/mol. The minimum Gasteiger partial charge on any atom is -0.452 e. The highest BCUT2D eigenvalue weighted by Gasteiger charge is 2.28. The van der Waals surface area contributed by atoms with Gasteiger partial charge >= 0.3 is 0 Å². The Morgan fingerprint density at radius 1 is 0.202 bits per heavy atom. The number of para-hydroxylation sites is 10. The van der Waals surface area contributed by atoms with Crippen LogP contribution in [-0.2, 0) is 12.8 Å². The first-order valence-electron chi connectivity index (χ1n) is 44.1. The number of furan rings is 6. The summed E-state index contributed by atoms with van der Waals surface area (Å²) in [5.41, 5.74) is 29.9. The molecule has 27 rings (SSSR count). The Kier molecular flexibility index (Phi) is 17.1. The molecule has 8 aromatic heterocycles. The molecule has 0 atom stereocenters. The Bertz CT molecular complexity index is 8010. The maximum atomic E-state index is 6.95. The summed E-state index contributed by atoms with van der Waals surface area (Å²) in [6.07, 6.45) is 14.9. The molecule has 8 heterocycles. The fraction of sp³-hybridized carbons (Fsp3) is 0.121. The average Bonchev–Trinajstić information content (AvgIpc) is 1.57. The van der Waals surface area contributed by atoms with E-state index < -0.39 is 0 Å². The van der Waals surface area contributed by atoms with Crippen molar-refractivity contribution in [3.8, 4) is 33.6 Å². The minimum atomic E-state index is 0.622. The predicted octanol–water partition coefficient (Wildman–Crippen LogP) is 33.3. The van der Waals surface area contributed by atoms with Gasteiger partial charge in [-0.25, -0.2) is 0 Å². The summed E-state index contributed by atoms with van der Waals surface area (Å²) in [5, 5.41) is 18.4. The van der Waals surface area contributed by atoms with Gasteiger partial charge in [0, 0.05) is 122 Å². The maximum Gasteiger partial charge on any atom is 0.178 e. The molecule has 2 aliphatic carbocycles.